The van der Waals surface area contributed by atoms with E-state index in [2.05, 4.69) is 23.4 Å². The largest absolute Gasteiger partial charge is 0.322 e. The topological polar surface area (TPSA) is 56.7 Å². The summed E-state index contributed by atoms with van der Waals surface area (Å²) in [4.78, 5) is 9.34. The second-order valence-electron chi connectivity index (χ2n) is 5.39. The third kappa shape index (κ3) is 2.57. The van der Waals surface area contributed by atoms with Crippen LogP contribution in [0.1, 0.15) is 37.9 Å². The first-order chi connectivity index (χ1) is 9.97. The monoisotopic (exact) mass is 320 g/mol. The van der Waals surface area contributed by atoms with E-state index in [0.29, 0.717) is 5.02 Å². The van der Waals surface area contributed by atoms with Crippen LogP contribution < -0.4 is 5.73 Å². The number of fused-ring (bicyclic) bond motifs is 1. The zero-order valence-corrected chi connectivity index (χ0v) is 13.7. The van der Waals surface area contributed by atoms with Crippen molar-refractivity contribution in [3.63, 3.8) is 0 Å². The Morgan fingerprint density at radius 3 is 2.62 bits per heavy atom. The number of aromatic nitrogens is 3. The van der Waals surface area contributed by atoms with Crippen LogP contribution in [0.5, 0.6) is 0 Å². The molecule has 0 saturated heterocycles. The van der Waals surface area contributed by atoms with Crippen LogP contribution in [0.25, 0.3) is 22.6 Å². The summed E-state index contributed by atoms with van der Waals surface area (Å²) in [5.41, 5.74) is 8.73. The molecule has 0 bridgehead atoms. The van der Waals surface area contributed by atoms with Crippen LogP contribution >= 0.6 is 22.9 Å². The van der Waals surface area contributed by atoms with Gasteiger partial charge in [0.05, 0.1) is 17.1 Å². The number of hydrogen-bond donors (Lipinski definition) is 1. The lowest BCUT2D eigenvalue weighted by Gasteiger charge is -2.12. The fraction of sp³-hybridized carbons (Fsp3) is 0.333. The van der Waals surface area contributed by atoms with Crippen molar-refractivity contribution in [2.24, 2.45) is 5.73 Å². The number of nitrogens with two attached hydrogens (primary N) is 1. The van der Waals surface area contributed by atoms with Gasteiger partial charge in [0.2, 0.25) is 0 Å². The van der Waals surface area contributed by atoms with Crippen LogP contribution in [-0.4, -0.2) is 14.5 Å². The number of hydrogen-bond acceptors (Lipinski definition) is 4. The molecule has 0 aliphatic heterocycles. The van der Waals surface area contributed by atoms with Crippen molar-refractivity contribution in [1.29, 1.82) is 0 Å². The second kappa shape index (κ2) is 5.40. The summed E-state index contributed by atoms with van der Waals surface area (Å²) in [6.45, 7) is 6.20. The van der Waals surface area contributed by atoms with Gasteiger partial charge in [0.25, 0.3) is 0 Å². The molecule has 2 N–H and O–H groups in total. The van der Waals surface area contributed by atoms with Crippen LogP contribution in [0.15, 0.2) is 23.6 Å². The second-order valence-corrected chi connectivity index (χ2v) is 6.72. The van der Waals surface area contributed by atoms with E-state index in [0.717, 1.165) is 27.6 Å². The molecule has 0 aliphatic rings. The summed E-state index contributed by atoms with van der Waals surface area (Å²) < 4.78 is 2.17. The van der Waals surface area contributed by atoms with Crippen LogP contribution in [0.4, 0.5) is 0 Å². The highest BCUT2D eigenvalue weighted by Gasteiger charge is 2.18. The van der Waals surface area contributed by atoms with E-state index >= 15 is 0 Å². The number of thiazole rings is 1. The highest BCUT2D eigenvalue weighted by Crippen LogP contribution is 2.31. The Labute approximate surface area is 132 Å². The molecule has 0 aliphatic carbocycles. The third-order valence-corrected chi connectivity index (χ3v) is 4.59. The predicted molar refractivity (Wildman–Crippen MR) is 88.8 cm³/mol. The highest BCUT2D eigenvalue weighted by atomic mass is 35.5. The number of halogens is 1. The van der Waals surface area contributed by atoms with Gasteiger partial charge in [-0.15, -0.1) is 11.3 Å². The standard InChI is InChI=1S/C15H17ClN4S/c1-8(2)20-13-6-10(16)4-5-11(13)18-14(20)12-7-21-15(19-12)9(3)17/h4-9H,17H2,1-3H3. The Balaban J connectivity index is 2.23. The van der Waals surface area contributed by atoms with E-state index in [1.54, 1.807) is 11.3 Å². The fourth-order valence-corrected chi connectivity index (χ4v) is 3.29. The van der Waals surface area contributed by atoms with Gasteiger partial charge >= 0.3 is 0 Å². The van der Waals surface area contributed by atoms with Crippen LogP contribution in [0.2, 0.25) is 5.02 Å². The van der Waals surface area contributed by atoms with E-state index in [-0.39, 0.29) is 12.1 Å². The molecule has 6 heteroatoms. The van der Waals surface area contributed by atoms with Crippen molar-refractivity contribution in [3.8, 4) is 11.5 Å². The first-order valence-corrected chi connectivity index (χ1v) is 8.12. The molecule has 0 radical (unpaired) electrons. The lowest BCUT2D eigenvalue weighted by Crippen LogP contribution is -2.05. The maximum absolute atomic E-state index is 6.13. The van der Waals surface area contributed by atoms with Crippen molar-refractivity contribution in [1.82, 2.24) is 14.5 Å². The molecule has 3 aromatic rings. The molecule has 1 atom stereocenters. The van der Waals surface area contributed by atoms with Crippen molar-refractivity contribution in [2.45, 2.75) is 32.9 Å². The van der Waals surface area contributed by atoms with Gasteiger partial charge in [-0.1, -0.05) is 11.6 Å². The van der Waals surface area contributed by atoms with E-state index in [1.165, 1.54) is 0 Å². The molecule has 0 fully saturated rings. The van der Waals surface area contributed by atoms with E-state index < -0.39 is 0 Å². The average Bonchev–Trinajstić information content (AvgIpc) is 3.01. The Morgan fingerprint density at radius 1 is 1.24 bits per heavy atom. The maximum atomic E-state index is 6.13. The molecule has 0 amide bonds. The molecule has 2 heterocycles. The highest BCUT2D eigenvalue weighted by molar-refractivity contribution is 7.10. The minimum atomic E-state index is -0.0601. The molecule has 110 valence electrons. The van der Waals surface area contributed by atoms with Crippen molar-refractivity contribution < 1.29 is 0 Å². The van der Waals surface area contributed by atoms with Crippen molar-refractivity contribution >= 4 is 34.0 Å². The molecule has 0 saturated carbocycles. The lowest BCUT2D eigenvalue weighted by molar-refractivity contribution is 0.623. The Kier molecular flexibility index (Phi) is 3.73. The summed E-state index contributed by atoms with van der Waals surface area (Å²) in [7, 11) is 0. The van der Waals surface area contributed by atoms with Crippen molar-refractivity contribution in [2.75, 3.05) is 0 Å². The summed E-state index contributed by atoms with van der Waals surface area (Å²) in [5, 5.41) is 3.65. The molecular formula is C15H17ClN4S. The van der Waals surface area contributed by atoms with E-state index in [9.17, 15) is 0 Å². The van der Waals surface area contributed by atoms with Gasteiger partial charge in [0, 0.05) is 16.4 Å². The van der Waals surface area contributed by atoms with Crippen LogP contribution in [0.3, 0.4) is 0 Å². The van der Waals surface area contributed by atoms with Crippen LogP contribution in [0, 0.1) is 0 Å². The third-order valence-electron chi connectivity index (χ3n) is 3.31. The van der Waals surface area contributed by atoms with E-state index in [4.69, 9.17) is 22.3 Å². The zero-order valence-electron chi connectivity index (χ0n) is 12.2. The molecule has 1 aromatic carbocycles. The average molecular weight is 321 g/mol. The molecule has 0 spiro atoms. The number of rotatable bonds is 3. The van der Waals surface area contributed by atoms with Gasteiger partial charge in [-0.2, -0.15) is 0 Å². The quantitative estimate of drug-likeness (QED) is 0.777. The van der Waals surface area contributed by atoms with Gasteiger partial charge in [-0.05, 0) is 39.0 Å². The summed E-state index contributed by atoms with van der Waals surface area (Å²) in [6, 6.07) is 5.96. The molecular weight excluding hydrogens is 304 g/mol. The molecule has 1 unspecified atom stereocenters. The first-order valence-electron chi connectivity index (χ1n) is 6.86. The Hall–Kier alpha value is -1.43. The summed E-state index contributed by atoms with van der Waals surface area (Å²) >= 11 is 7.70. The number of imidazole rings is 1. The minimum Gasteiger partial charge on any atom is -0.322 e. The van der Waals surface area contributed by atoms with Gasteiger partial charge < -0.3 is 10.3 Å². The molecule has 21 heavy (non-hydrogen) atoms. The summed E-state index contributed by atoms with van der Waals surface area (Å²) in [5.74, 6) is 0.866. The first kappa shape index (κ1) is 14.5. The Morgan fingerprint density at radius 2 is 2.00 bits per heavy atom. The SMILES string of the molecule is CC(N)c1nc(-c2nc3ccc(Cl)cc3n2C(C)C)cs1. The predicted octanol–water partition coefficient (Wildman–Crippen LogP) is 4.41. The van der Waals surface area contributed by atoms with Gasteiger partial charge in [0.15, 0.2) is 5.82 Å². The lowest BCUT2D eigenvalue weighted by atomic mass is 10.3. The smallest absolute Gasteiger partial charge is 0.160 e. The normalized spacial score (nSPS) is 13.2. The molecule has 4 nitrogen and oxygen atoms in total. The van der Waals surface area contributed by atoms with E-state index in [1.807, 2.05) is 30.5 Å². The van der Waals surface area contributed by atoms with Gasteiger partial charge in [-0.25, -0.2) is 9.97 Å². The summed E-state index contributed by atoms with van der Waals surface area (Å²) in [6.07, 6.45) is 0. The van der Waals surface area contributed by atoms with Gasteiger partial charge in [0.1, 0.15) is 10.7 Å². The van der Waals surface area contributed by atoms with Crippen molar-refractivity contribution in [3.05, 3.63) is 33.6 Å². The maximum Gasteiger partial charge on any atom is 0.160 e. The number of nitrogens with zero attached hydrogens (tertiary/aromatic N) is 3. The minimum absolute atomic E-state index is 0.0601. The molecule has 3 rings (SSSR count). The van der Waals surface area contributed by atoms with Crippen LogP contribution in [-0.2, 0) is 0 Å². The zero-order chi connectivity index (χ0) is 15.1. The molecule has 2 aromatic heterocycles. The Bertz CT molecular complexity index is 788. The fourth-order valence-electron chi connectivity index (χ4n) is 2.37. The van der Waals surface area contributed by atoms with Gasteiger partial charge in [-0.3, -0.25) is 0 Å². The number of benzene rings is 1.